The molecule has 0 aromatic heterocycles. The molecule has 0 saturated heterocycles. The lowest BCUT2D eigenvalue weighted by Crippen LogP contribution is -2.40. The van der Waals surface area contributed by atoms with Crippen LogP contribution in [0.3, 0.4) is 0 Å². The van der Waals surface area contributed by atoms with E-state index >= 15 is 0 Å². The monoisotopic (exact) mass is 630 g/mol. The highest BCUT2D eigenvalue weighted by Gasteiger charge is 2.22. The summed E-state index contributed by atoms with van der Waals surface area (Å²) in [6.45, 7) is 2.12. The average Bonchev–Trinajstić information content (AvgIpc) is 2.99. The first-order valence-electron chi connectivity index (χ1n) is 16.1. The Kier molecular flexibility index (Phi) is 18.6. The summed E-state index contributed by atoms with van der Waals surface area (Å²) in [7, 11) is 0. The number of carboxylic acids is 1. The molecule has 1 amide bonds. The first-order valence-corrected chi connectivity index (χ1v) is 17.1. The Morgan fingerprint density at radius 1 is 0.907 bits per heavy atom. The number of carbonyl (C=O) groups excluding carboxylic acids is 1. The molecule has 3 rings (SSSR count). The predicted molar refractivity (Wildman–Crippen MR) is 165 cm³/mol. The van der Waals surface area contributed by atoms with Crippen LogP contribution in [-0.4, -0.2) is 40.9 Å². The van der Waals surface area contributed by atoms with Gasteiger partial charge in [-0.3, -0.25) is 9.59 Å². The number of thioether (sulfide) groups is 1. The number of unbranched alkanes of at least 4 members (excludes halogenated alkanes) is 4. The van der Waals surface area contributed by atoms with Gasteiger partial charge in [0.1, 0.15) is 0 Å². The van der Waals surface area contributed by atoms with E-state index in [1.54, 1.807) is 6.08 Å². The molecular weight excluding hydrogens is 580 g/mol. The fourth-order valence-electron chi connectivity index (χ4n) is 5.51. The zero-order valence-corrected chi connectivity index (χ0v) is 26.4. The summed E-state index contributed by atoms with van der Waals surface area (Å²) in [6.07, 6.45) is 23.3. The summed E-state index contributed by atoms with van der Waals surface area (Å²) in [6, 6.07) is 1.13. The van der Waals surface area contributed by atoms with Gasteiger partial charge in [-0.25, -0.2) is 17.6 Å². The van der Waals surface area contributed by atoms with Crippen molar-refractivity contribution in [3.05, 3.63) is 41.5 Å². The minimum atomic E-state index is -1.52. The van der Waals surface area contributed by atoms with Crippen molar-refractivity contribution in [2.45, 2.75) is 146 Å². The first-order chi connectivity index (χ1) is 20.7. The van der Waals surface area contributed by atoms with Gasteiger partial charge in [0.2, 0.25) is 5.91 Å². The second kappa shape index (κ2) is 21.6. The molecule has 0 bridgehead atoms. The fourth-order valence-corrected chi connectivity index (χ4v) is 6.58. The van der Waals surface area contributed by atoms with Gasteiger partial charge >= 0.3 is 5.97 Å². The third kappa shape index (κ3) is 15.5. The molecule has 1 aromatic rings. The summed E-state index contributed by atoms with van der Waals surface area (Å²) in [5, 5.41) is 15.3. The third-order valence-corrected chi connectivity index (χ3v) is 9.16. The molecule has 10 heteroatoms. The van der Waals surface area contributed by atoms with Gasteiger partial charge in [-0.1, -0.05) is 76.9 Å². The van der Waals surface area contributed by atoms with Crippen LogP contribution >= 0.6 is 11.8 Å². The van der Waals surface area contributed by atoms with E-state index in [0.717, 1.165) is 44.2 Å². The number of halogens is 4. The summed E-state index contributed by atoms with van der Waals surface area (Å²) in [4.78, 5) is 22.1. The Hall–Kier alpha value is -2.07. The first kappa shape index (κ1) is 37.1. The molecule has 1 unspecified atom stereocenters. The maximum absolute atomic E-state index is 13.8. The SMILES string of the molecule is C1CCC(NC2CCCCC2)CC1.CCCCCC/C=C/CC(=O)NC(CCC(=O)O)CSc1c(F)c(F)cc(F)c1F. The largest absolute Gasteiger partial charge is 0.481 e. The van der Waals surface area contributed by atoms with E-state index in [0.29, 0.717) is 11.8 Å². The molecule has 0 heterocycles. The second-order valence-corrected chi connectivity index (χ2v) is 12.7. The molecule has 43 heavy (non-hydrogen) atoms. The van der Waals surface area contributed by atoms with Crippen molar-refractivity contribution in [2.24, 2.45) is 0 Å². The smallest absolute Gasteiger partial charge is 0.303 e. The number of rotatable bonds is 16. The molecule has 1 atom stereocenters. The summed E-state index contributed by atoms with van der Waals surface area (Å²) in [5.41, 5.74) is 0. The Morgan fingerprint density at radius 3 is 2.02 bits per heavy atom. The van der Waals surface area contributed by atoms with Crippen molar-refractivity contribution in [1.82, 2.24) is 10.6 Å². The van der Waals surface area contributed by atoms with Gasteiger partial charge in [0.25, 0.3) is 0 Å². The number of carboxylic acid groups (broad SMARTS) is 1. The lowest BCUT2D eigenvalue weighted by Gasteiger charge is -2.30. The molecule has 1 aromatic carbocycles. The van der Waals surface area contributed by atoms with Gasteiger partial charge in [0.15, 0.2) is 23.3 Å². The van der Waals surface area contributed by atoms with Crippen molar-refractivity contribution in [3.63, 3.8) is 0 Å². The highest BCUT2D eigenvalue weighted by Crippen LogP contribution is 2.30. The van der Waals surface area contributed by atoms with E-state index in [2.05, 4.69) is 17.6 Å². The van der Waals surface area contributed by atoms with E-state index < -0.39 is 40.2 Å². The van der Waals surface area contributed by atoms with E-state index in [-0.39, 0.29) is 37.0 Å². The van der Waals surface area contributed by atoms with Gasteiger partial charge in [0.05, 0.1) is 4.90 Å². The Balaban J connectivity index is 0.000000407. The quantitative estimate of drug-likeness (QED) is 0.0559. The average molecular weight is 631 g/mol. The van der Waals surface area contributed by atoms with Crippen LogP contribution in [0.5, 0.6) is 0 Å². The fraction of sp³-hybridized carbons (Fsp3) is 0.697. The van der Waals surface area contributed by atoms with Gasteiger partial charge < -0.3 is 15.7 Å². The summed E-state index contributed by atoms with van der Waals surface area (Å²) < 4.78 is 54.2. The normalized spacial score (nSPS) is 17.0. The molecule has 3 N–H and O–H groups in total. The molecular formula is C33H50F4N2O3S. The number of hydrogen-bond donors (Lipinski definition) is 3. The number of benzene rings is 1. The van der Waals surface area contributed by atoms with Crippen LogP contribution in [0.2, 0.25) is 0 Å². The van der Waals surface area contributed by atoms with Crippen molar-refractivity contribution >= 4 is 23.6 Å². The molecule has 2 saturated carbocycles. The van der Waals surface area contributed by atoms with Crippen LogP contribution in [0.4, 0.5) is 17.6 Å². The van der Waals surface area contributed by atoms with Crippen LogP contribution in [0.1, 0.15) is 122 Å². The standard InChI is InChI=1S/C21H27F4NO3S.C12H23N/c1-2-3-4-5-6-7-8-9-17(27)26-14(10-11-18(28)29)13-30-21-19(24)15(22)12-16(23)20(21)25;1-3-7-11(8-4-1)13-12-9-5-2-6-10-12/h7-8,12,14H,2-6,9-11,13H2,1H3,(H,26,27)(H,28,29);11-13H,1-10H2/b8-7+;. The zero-order chi connectivity index (χ0) is 31.5. The number of allylic oxidation sites excluding steroid dienone is 1. The number of aliphatic carboxylic acids is 1. The van der Waals surface area contributed by atoms with Crippen LogP contribution in [0, 0.1) is 23.3 Å². The number of carbonyl (C=O) groups is 2. The molecule has 0 spiro atoms. The maximum Gasteiger partial charge on any atom is 0.303 e. The maximum atomic E-state index is 13.8. The van der Waals surface area contributed by atoms with Crippen molar-refractivity contribution in [3.8, 4) is 0 Å². The molecule has 2 fully saturated rings. The molecule has 0 aliphatic heterocycles. The minimum absolute atomic E-state index is 0.00976. The van der Waals surface area contributed by atoms with Gasteiger partial charge in [0, 0.05) is 42.8 Å². The molecule has 2 aliphatic carbocycles. The highest BCUT2D eigenvalue weighted by atomic mass is 32.2. The predicted octanol–water partition coefficient (Wildman–Crippen LogP) is 8.84. The van der Waals surface area contributed by atoms with E-state index in [9.17, 15) is 27.2 Å². The van der Waals surface area contributed by atoms with Crippen LogP contribution in [0.25, 0.3) is 0 Å². The van der Waals surface area contributed by atoms with Gasteiger partial charge in [-0.15, -0.1) is 11.8 Å². The number of amides is 1. The lowest BCUT2D eigenvalue weighted by molar-refractivity contribution is -0.137. The number of hydrogen-bond acceptors (Lipinski definition) is 4. The van der Waals surface area contributed by atoms with Crippen molar-refractivity contribution < 1.29 is 32.3 Å². The molecule has 5 nitrogen and oxygen atoms in total. The topological polar surface area (TPSA) is 78.4 Å². The minimum Gasteiger partial charge on any atom is -0.481 e. The van der Waals surface area contributed by atoms with Crippen LogP contribution in [-0.2, 0) is 9.59 Å². The van der Waals surface area contributed by atoms with E-state index in [4.69, 9.17) is 5.11 Å². The van der Waals surface area contributed by atoms with Crippen LogP contribution < -0.4 is 10.6 Å². The lowest BCUT2D eigenvalue weighted by atomic mass is 9.91. The van der Waals surface area contributed by atoms with Crippen molar-refractivity contribution in [2.75, 3.05) is 5.75 Å². The molecule has 0 radical (unpaired) electrons. The third-order valence-electron chi connectivity index (χ3n) is 7.95. The second-order valence-electron chi connectivity index (χ2n) is 11.7. The van der Waals surface area contributed by atoms with E-state index in [1.807, 2.05) is 6.08 Å². The Morgan fingerprint density at radius 2 is 1.49 bits per heavy atom. The Labute approximate surface area is 259 Å². The Bertz CT molecular complexity index is 957. The van der Waals surface area contributed by atoms with Crippen LogP contribution in [0.15, 0.2) is 23.1 Å². The van der Waals surface area contributed by atoms with Gasteiger partial charge in [-0.05, 0) is 44.9 Å². The summed E-state index contributed by atoms with van der Waals surface area (Å²) in [5.74, 6) is -7.70. The molecule has 244 valence electrons. The van der Waals surface area contributed by atoms with Crippen molar-refractivity contribution in [1.29, 1.82) is 0 Å². The summed E-state index contributed by atoms with van der Waals surface area (Å²) >= 11 is 0.488. The zero-order valence-electron chi connectivity index (χ0n) is 25.6. The molecule has 2 aliphatic rings. The van der Waals surface area contributed by atoms with Gasteiger partial charge in [-0.2, -0.15) is 0 Å². The number of nitrogens with one attached hydrogen (secondary N) is 2. The highest BCUT2D eigenvalue weighted by molar-refractivity contribution is 7.99. The van der Waals surface area contributed by atoms with E-state index in [1.165, 1.54) is 64.2 Å².